The summed E-state index contributed by atoms with van der Waals surface area (Å²) >= 11 is 0. The third kappa shape index (κ3) is 2.75. The van der Waals surface area contributed by atoms with E-state index in [1.54, 1.807) is 18.2 Å². The Bertz CT molecular complexity index is 1080. The average molecular weight is 385 g/mol. The molecule has 9 heteroatoms. The monoisotopic (exact) mass is 385 g/mol. The van der Waals surface area contributed by atoms with E-state index in [0.29, 0.717) is 22.9 Å². The van der Waals surface area contributed by atoms with Crippen molar-refractivity contribution in [1.82, 2.24) is 10.1 Å². The molecule has 0 saturated carbocycles. The van der Waals surface area contributed by atoms with Gasteiger partial charge < -0.3 is 18.9 Å². The van der Waals surface area contributed by atoms with Gasteiger partial charge in [0.1, 0.15) is 11.6 Å². The number of nitrogens with zero attached hydrogens (tertiary/aromatic N) is 3. The third-order valence-corrected chi connectivity index (χ3v) is 4.75. The van der Waals surface area contributed by atoms with Crippen LogP contribution >= 0.6 is 0 Å². The van der Waals surface area contributed by atoms with Crippen molar-refractivity contribution in [2.75, 3.05) is 18.2 Å². The van der Waals surface area contributed by atoms with Gasteiger partial charge >= 0.3 is 0 Å². The van der Waals surface area contributed by atoms with E-state index in [-0.39, 0.29) is 43.2 Å². The molecule has 1 atom stereocenters. The maximum atomic E-state index is 14.0. The number of benzene rings is 2. The lowest BCUT2D eigenvalue weighted by Gasteiger charge is -2.16. The molecule has 0 radical (unpaired) electrons. The Hall–Kier alpha value is -3.49. The van der Waals surface area contributed by atoms with Gasteiger partial charge in [-0.1, -0.05) is 5.16 Å². The number of carbonyl (C=O) groups is 1. The normalized spacial score (nSPS) is 18.1. The van der Waals surface area contributed by atoms with Crippen molar-refractivity contribution in [3.05, 3.63) is 53.9 Å². The molecule has 2 aliphatic heterocycles. The van der Waals surface area contributed by atoms with Crippen molar-refractivity contribution in [3.8, 4) is 22.9 Å². The fourth-order valence-corrected chi connectivity index (χ4v) is 3.36. The molecule has 1 amide bonds. The van der Waals surface area contributed by atoms with Crippen molar-refractivity contribution in [3.63, 3.8) is 0 Å². The molecule has 142 valence electrons. The number of anilines is 1. The van der Waals surface area contributed by atoms with Crippen molar-refractivity contribution >= 4 is 11.6 Å². The van der Waals surface area contributed by atoms with E-state index >= 15 is 0 Å². The number of hydrogen-bond donors (Lipinski definition) is 0. The van der Waals surface area contributed by atoms with Crippen LogP contribution in [0.15, 0.2) is 40.9 Å². The Morgan fingerprint density at radius 1 is 1.07 bits per heavy atom. The number of hydrogen-bond acceptors (Lipinski definition) is 6. The van der Waals surface area contributed by atoms with Gasteiger partial charge in [-0.25, -0.2) is 8.78 Å². The summed E-state index contributed by atoms with van der Waals surface area (Å²) in [5, 5.41) is 3.97. The predicted octanol–water partition coefficient (Wildman–Crippen LogP) is 3.26. The molecular weight excluding hydrogens is 372 g/mol. The van der Waals surface area contributed by atoms with Crippen molar-refractivity contribution in [1.29, 1.82) is 0 Å². The molecule has 0 aliphatic carbocycles. The van der Waals surface area contributed by atoms with E-state index in [2.05, 4.69) is 10.1 Å². The van der Waals surface area contributed by atoms with Crippen LogP contribution in [0.2, 0.25) is 0 Å². The number of halogens is 2. The molecule has 5 rings (SSSR count). The minimum Gasteiger partial charge on any atom is -0.454 e. The first-order valence-corrected chi connectivity index (χ1v) is 8.57. The van der Waals surface area contributed by atoms with Crippen LogP contribution in [0.1, 0.15) is 18.2 Å². The molecule has 0 N–H and O–H groups in total. The number of fused-ring (bicyclic) bond motifs is 1. The number of ether oxygens (including phenoxy) is 2. The van der Waals surface area contributed by atoms with E-state index in [9.17, 15) is 13.6 Å². The topological polar surface area (TPSA) is 77.7 Å². The minimum absolute atomic E-state index is 0.0319. The van der Waals surface area contributed by atoms with Crippen molar-refractivity contribution in [2.45, 2.75) is 12.3 Å². The third-order valence-electron chi connectivity index (χ3n) is 4.75. The van der Waals surface area contributed by atoms with Crippen LogP contribution in [-0.4, -0.2) is 29.4 Å². The number of aromatic nitrogens is 2. The van der Waals surface area contributed by atoms with Gasteiger partial charge in [-0.15, -0.1) is 0 Å². The zero-order valence-electron chi connectivity index (χ0n) is 14.4. The lowest BCUT2D eigenvalue weighted by molar-refractivity contribution is -0.117. The first kappa shape index (κ1) is 16.7. The molecule has 28 heavy (non-hydrogen) atoms. The molecule has 0 bridgehead atoms. The number of amides is 1. The highest BCUT2D eigenvalue weighted by Gasteiger charge is 2.36. The second-order valence-electron chi connectivity index (χ2n) is 6.53. The molecule has 3 heterocycles. The number of rotatable bonds is 3. The highest BCUT2D eigenvalue weighted by atomic mass is 19.1. The molecular formula is C19H13F2N3O4. The van der Waals surface area contributed by atoms with Crippen LogP contribution in [-0.2, 0) is 4.79 Å². The van der Waals surface area contributed by atoms with Crippen LogP contribution in [0.4, 0.5) is 14.5 Å². The fraction of sp³-hybridized carbons (Fsp3) is 0.211. The Balaban J connectivity index is 1.38. The maximum absolute atomic E-state index is 14.0. The summed E-state index contributed by atoms with van der Waals surface area (Å²) in [5.41, 5.74) is 0.717. The Kier molecular flexibility index (Phi) is 3.75. The zero-order chi connectivity index (χ0) is 19.3. The lowest BCUT2D eigenvalue weighted by Crippen LogP contribution is -2.25. The van der Waals surface area contributed by atoms with Crippen LogP contribution in [0.25, 0.3) is 11.4 Å². The lowest BCUT2D eigenvalue weighted by atomic mass is 10.1. The summed E-state index contributed by atoms with van der Waals surface area (Å²) in [4.78, 5) is 18.0. The Morgan fingerprint density at radius 3 is 2.79 bits per heavy atom. The van der Waals surface area contributed by atoms with E-state index in [0.717, 1.165) is 12.1 Å². The minimum atomic E-state index is -0.791. The standard InChI is InChI=1S/C19H13F2N3O4/c20-12-2-3-14(13(21)7-12)24-8-11(6-17(24)25)19-22-18(23-28-19)10-1-4-15-16(5-10)27-9-26-15/h1-5,7,11H,6,8-9H2. The Morgan fingerprint density at radius 2 is 1.93 bits per heavy atom. The maximum Gasteiger partial charge on any atom is 0.232 e. The first-order valence-electron chi connectivity index (χ1n) is 8.57. The van der Waals surface area contributed by atoms with E-state index in [4.69, 9.17) is 14.0 Å². The fourth-order valence-electron chi connectivity index (χ4n) is 3.36. The first-order chi connectivity index (χ1) is 13.6. The molecule has 0 spiro atoms. The summed E-state index contributed by atoms with van der Waals surface area (Å²) in [7, 11) is 0. The van der Waals surface area contributed by atoms with Crippen LogP contribution in [0.5, 0.6) is 11.5 Å². The summed E-state index contributed by atoms with van der Waals surface area (Å²) in [6.07, 6.45) is 0.0968. The Labute approximate surface area is 157 Å². The second-order valence-corrected chi connectivity index (χ2v) is 6.53. The highest BCUT2D eigenvalue weighted by molar-refractivity contribution is 5.96. The average Bonchev–Trinajstić information content (AvgIpc) is 3.40. The van der Waals surface area contributed by atoms with E-state index in [1.165, 1.54) is 11.0 Å². The molecule has 2 aliphatic rings. The SMILES string of the molecule is O=C1CC(c2nc(-c3ccc4c(c3)OCO4)no2)CN1c1ccc(F)cc1F. The number of carbonyl (C=O) groups excluding carboxylic acids is 1. The van der Waals surface area contributed by atoms with Gasteiger partial charge in [0.05, 0.1) is 11.6 Å². The van der Waals surface area contributed by atoms with Gasteiger partial charge in [0.2, 0.25) is 24.4 Å². The van der Waals surface area contributed by atoms with Gasteiger partial charge in [0.15, 0.2) is 11.5 Å². The molecule has 1 aromatic heterocycles. The van der Waals surface area contributed by atoms with E-state index in [1.807, 2.05) is 0 Å². The molecule has 7 nitrogen and oxygen atoms in total. The summed E-state index contributed by atoms with van der Waals surface area (Å²) in [6.45, 7) is 0.334. The van der Waals surface area contributed by atoms with Crippen molar-refractivity contribution < 1.29 is 27.6 Å². The van der Waals surface area contributed by atoms with Crippen LogP contribution in [0.3, 0.4) is 0 Å². The van der Waals surface area contributed by atoms with Gasteiger partial charge in [0.25, 0.3) is 0 Å². The predicted molar refractivity (Wildman–Crippen MR) is 91.9 cm³/mol. The molecule has 1 fully saturated rings. The van der Waals surface area contributed by atoms with Gasteiger partial charge in [-0.2, -0.15) is 4.98 Å². The second kappa shape index (κ2) is 6.29. The molecule has 1 unspecified atom stereocenters. The summed E-state index contributed by atoms with van der Waals surface area (Å²) < 4.78 is 43.1. The molecule has 1 saturated heterocycles. The largest absolute Gasteiger partial charge is 0.454 e. The van der Waals surface area contributed by atoms with Crippen LogP contribution < -0.4 is 14.4 Å². The molecule has 3 aromatic rings. The summed E-state index contributed by atoms with van der Waals surface area (Å²) in [5.74, 6) is -0.289. The van der Waals surface area contributed by atoms with E-state index < -0.39 is 11.6 Å². The van der Waals surface area contributed by atoms with Gasteiger partial charge in [-0.3, -0.25) is 4.79 Å². The molecule has 2 aromatic carbocycles. The van der Waals surface area contributed by atoms with Gasteiger partial charge in [0, 0.05) is 24.6 Å². The van der Waals surface area contributed by atoms with Crippen LogP contribution in [0, 0.1) is 11.6 Å². The zero-order valence-corrected chi connectivity index (χ0v) is 14.4. The quantitative estimate of drug-likeness (QED) is 0.689. The summed E-state index contributed by atoms with van der Waals surface area (Å²) in [6, 6.07) is 8.39. The smallest absolute Gasteiger partial charge is 0.232 e. The van der Waals surface area contributed by atoms with Gasteiger partial charge in [-0.05, 0) is 30.3 Å². The van der Waals surface area contributed by atoms with Crippen molar-refractivity contribution in [2.24, 2.45) is 0 Å². The highest BCUT2D eigenvalue weighted by Crippen LogP contribution is 2.36.